The summed E-state index contributed by atoms with van der Waals surface area (Å²) in [5.41, 5.74) is 0.986. The molecule has 2 rings (SSSR count). The molecule has 1 saturated heterocycles. The van der Waals surface area contributed by atoms with Gasteiger partial charge in [-0.25, -0.2) is 9.97 Å². The van der Waals surface area contributed by atoms with Gasteiger partial charge in [-0.1, -0.05) is 13.8 Å². The highest BCUT2D eigenvalue weighted by Crippen LogP contribution is 2.24. The van der Waals surface area contributed by atoms with Crippen LogP contribution in [0.2, 0.25) is 0 Å². The van der Waals surface area contributed by atoms with E-state index in [2.05, 4.69) is 10.3 Å². The average Bonchev–Trinajstić information content (AvgIpc) is 2.62. The van der Waals surface area contributed by atoms with Crippen molar-refractivity contribution in [1.82, 2.24) is 23.9 Å². The second kappa shape index (κ2) is 9.07. The summed E-state index contributed by atoms with van der Waals surface area (Å²) in [7, 11) is 1.95. The second-order valence-electron chi connectivity index (χ2n) is 6.85. The number of hydrogen-bond acceptors (Lipinski definition) is 6. The molecule has 1 atom stereocenters. The number of nitrogens with one attached hydrogen (secondary N) is 1. The van der Waals surface area contributed by atoms with Crippen molar-refractivity contribution in [3.8, 4) is 0 Å². The number of nitrogens with zero attached hydrogens (tertiary/aromatic N) is 5. The highest BCUT2D eigenvalue weighted by Gasteiger charge is 2.26. The van der Waals surface area contributed by atoms with Crippen LogP contribution in [-0.4, -0.2) is 74.3 Å². The Hall–Kier alpha value is -1.29. The molecule has 0 bridgehead atoms. The molecule has 1 aromatic rings. The monoisotopic (exact) mass is 384 g/mol. The number of hydrogen-bond donors (Lipinski definition) is 1. The van der Waals surface area contributed by atoms with E-state index in [9.17, 15) is 8.42 Å². The van der Waals surface area contributed by atoms with E-state index >= 15 is 0 Å². The van der Waals surface area contributed by atoms with Gasteiger partial charge in [0.05, 0.1) is 12.2 Å². The average molecular weight is 385 g/mol. The smallest absolute Gasteiger partial charge is 0.282 e. The van der Waals surface area contributed by atoms with E-state index in [4.69, 9.17) is 4.98 Å². The lowest BCUT2D eigenvalue weighted by atomic mass is 9.96. The zero-order chi connectivity index (χ0) is 19.3. The van der Waals surface area contributed by atoms with Gasteiger partial charge in [-0.05, 0) is 19.4 Å². The van der Waals surface area contributed by atoms with Crippen LogP contribution in [0, 0.1) is 0 Å². The van der Waals surface area contributed by atoms with Crippen molar-refractivity contribution < 1.29 is 8.42 Å². The molecule has 26 heavy (non-hydrogen) atoms. The third-order valence-electron chi connectivity index (χ3n) is 4.74. The van der Waals surface area contributed by atoms with Crippen LogP contribution < -0.4 is 10.2 Å². The Bertz CT molecular complexity index is 684. The first-order valence-electron chi connectivity index (χ1n) is 9.26. The normalized spacial score (nSPS) is 18.5. The van der Waals surface area contributed by atoms with E-state index < -0.39 is 10.2 Å². The van der Waals surface area contributed by atoms with Gasteiger partial charge in [-0.15, -0.1) is 0 Å². The fourth-order valence-electron chi connectivity index (χ4n) is 3.14. The summed E-state index contributed by atoms with van der Waals surface area (Å²) in [6, 6.07) is 2.01. The third kappa shape index (κ3) is 4.91. The van der Waals surface area contributed by atoms with E-state index in [1.165, 1.54) is 8.61 Å². The van der Waals surface area contributed by atoms with Crippen molar-refractivity contribution >= 4 is 16.0 Å². The largest absolute Gasteiger partial charge is 0.363 e. The predicted octanol–water partition coefficient (Wildman–Crippen LogP) is 1.03. The van der Waals surface area contributed by atoms with Gasteiger partial charge in [-0.3, -0.25) is 0 Å². The number of piperidine rings is 1. The summed E-state index contributed by atoms with van der Waals surface area (Å²) in [6.45, 7) is 6.67. The summed E-state index contributed by atoms with van der Waals surface area (Å²) in [6.07, 6.45) is 2.21. The highest BCUT2D eigenvalue weighted by molar-refractivity contribution is 7.86. The first-order valence-corrected chi connectivity index (χ1v) is 10.7. The van der Waals surface area contributed by atoms with E-state index in [1.54, 1.807) is 7.05 Å². The molecule has 1 fully saturated rings. The first kappa shape index (κ1) is 21.0. The van der Waals surface area contributed by atoms with Crippen molar-refractivity contribution in [2.24, 2.45) is 0 Å². The zero-order valence-corrected chi connectivity index (χ0v) is 17.4. The summed E-state index contributed by atoms with van der Waals surface area (Å²) in [5, 5.41) is 3.41. The van der Waals surface area contributed by atoms with Gasteiger partial charge < -0.3 is 10.2 Å². The standard InChI is InChI=1S/C17H32N6O2S/c1-6-23(7-2)26(24,25)22(5)13-16-19-15(11-17(20-16)21(3)4)14-9-8-10-18-12-14/h11,14,18H,6-10,12-13H2,1-5H3. The molecule has 1 N–H and O–H groups in total. The molecular weight excluding hydrogens is 352 g/mol. The SMILES string of the molecule is CCN(CC)S(=O)(=O)N(C)Cc1nc(C2CCCNC2)cc(N(C)C)n1. The van der Waals surface area contributed by atoms with Crippen LogP contribution >= 0.6 is 0 Å². The van der Waals surface area contributed by atoms with Gasteiger partial charge in [-0.2, -0.15) is 17.0 Å². The lowest BCUT2D eigenvalue weighted by molar-refractivity contribution is 0.370. The summed E-state index contributed by atoms with van der Waals surface area (Å²) in [5.74, 6) is 1.69. The number of anilines is 1. The number of rotatable bonds is 8. The quantitative estimate of drug-likeness (QED) is 0.721. The van der Waals surface area contributed by atoms with E-state index in [-0.39, 0.29) is 6.54 Å². The zero-order valence-electron chi connectivity index (χ0n) is 16.6. The van der Waals surface area contributed by atoms with Crippen LogP contribution in [0.15, 0.2) is 6.07 Å². The van der Waals surface area contributed by atoms with E-state index in [0.29, 0.717) is 24.8 Å². The predicted molar refractivity (Wildman–Crippen MR) is 105 cm³/mol. The van der Waals surface area contributed by atoms with Crippen molar-refractivity contribution in [3.63, 3.8) is 0 Å². The maximum absolute atomic E-state index is 12.7. The summed E-state index contributed by atoms with van der Waals surface area (Å²) < 4.78 is 28.1. The molecule has 9 heteroatoms. The molecule has 2 heterocycles. The summed E-state index contributed by atoms with van der Waals surface area (Å²) in [4.78, 5) is 11.2. The molecule has 0 aromatic carbocycles. The Morgan fingerprint density at radius 3 is 2.42 bits per heavy atom. The van der Waals surface area contributed by atoms with Crippen molar-refractivity contribution in [3.05, 3.63) is 17.6 Å². The van der Waals surface area contributed by atoms with Crippen molar-refractivity contribution in [2.75, 3.05) is 52.2 Å². The van der Waals surface area contributed by atoms with Crippen molar-refractivity contribution in [1.29, 1.82) is 0 Å². The molecule has 8 nitrogen and oxygen atoms in total. The Kier molecular flexibility index (Phi) is 7.33. The van der Waals surface area contributed by atoms with Gasteiger partial charge in [0.1, 0.15) is 11.6 Å². The van der Waals surface area contributed by atoms with E-state index in [1.807, 2.05) is 38.9 Å². The molecule has 0 saturated carbocycles. The molecule has 1 aliphatic heterocycles. The van der Waals surface area contributed by atoms with Crippen LogP contribution in [0.4, 0.5) is 5.82 Å². The molecule has 1 aromatic heterocycles. The minimum absolute atomic E-state index is 0.160. The van der Waals surface area contributed by atoms with Gasteiger partial charge in [0.15, 0.2) is 0 Å². The summed E-state index contributed by atoms with van der Waals surface area (Å²) >= 11 is 0. The first-order chi connectivity index (χ1) is 12.3. The van der Waals surface area contributed by atoms with Crippen LogP contribution in [0.5, 0.6) is 0 Å². The fraction of sp³-hybridized carbons (Fsp3) is 0.765. The Labute approximate surface area is 157 Å². The van der Waals surface area contributed by atoms with Crippen LogP contribution in [0.3, 0.4) is 0 Å². The lowest BCUT2D eigenvalue weighted by Crippen LogP contribution is -2.41. The maximum atomic E-state index is 12.7. The highest BCUT2D eigenvalue weighted by atomic mass is 32.2. The van der Waals surface area contributed by atoms with E-state index in [0.717, 1.165) is 37.4 Å². The van der Waals surface area contributed by atoms with Crippen LogP contribution in [-0.2, 0) is 16.8 Å². The Morgan fingerprint density at radius 1 is 1.19 bits per heavy atom. The Morgan fingerprint density at radius 2 is 1.88 bits per heavy atom. The maximum Gasteiger partial charge on any atom is 0.282 e. The minimum atomic E-state index is -3.51. The lowest BCUT2D eigenvalue weighted by Gasteiger charge is -2.26. The molecule has 0 aliphatic carbocycles. The van der Waals surface area contributed by atoms with Gasteiger partial charge in [0.2, 0.25) is 0 Å². The van der Waals surface area contributed by atoms with Crippen LogP contribution in [0.1, 0.15) is 44.1 Å². The topological polar surface area (TPSA) is 81.7 Å². The van der Waals surface area contributed by atoms with Gasteiger partial charge in [0, 0.05) is 52.8 Å². The molecule has 1 aliphatic rings. The molecule has 0 spiro atoms. The second-order valence-corrected chi connectivity index (χ2v) is 8.89. The molecule has 0 radical (unpaired) electrons. The van der Waals surface area contributed by atoms with Crippen molar-refractivity contribution in [2.45, 2.75) is 39.2 Å². The Balaban J connectivity index is 2.28. The van der Waals surface area contributed by atoms with Gasteiger partial charge >= 0.3 is 0 Å². The van der Waals surface area contributed by atoms with Gasteiger partial charge in [0.25, 0.3) is 10.2 Å². The fourth-order valence-corrected chi connectivity index (χ4v) is 4.47. The molecule has 0 amide bonds. The molecule has 1 unspecified atom stereocenters. The third-order valence-corrected chi connectivity index (χ3v) is 6.83. The molecule has 148 valence electrons. The molecular formula is C17H32N6O2S. The van der Waals surface area contributed by atoms with Crippen LogP contribution in [0.25, 0.3) is 0 Å². The minimum Gasteiger partial charge on any atom is -0.363 e. The number of aromatic nitrogens is 2.